The van der Waals surface area contributed by atoms with Crippen LogP contribution in [0.1, 0.15) is 27.7 Å². The predicted octanol–water partition coefficient (Wildman–Crippen LogP) is 0.662. The molecule has 1 heterocycles. The molecule has 0 aromatic heterocycles. The van der Waals surface area contributed by atoms with Gasteiger partial charge in [0.05, 0.1) is 6.10 Å². The number of hydrogen-bond acceptors (Lipinski definition) is 3. The van der Waals surface area contributed by atoms with Crippen molar-refractivity contribution in [2.24, 2.45) is 0 Å². The number of amides is 1. The minimum Gasteiger partial charge on any atom is -0.354 e. The van der Waals surface area contributed by atoms with Crippen LogP contribution in [0.25, 0.3) is 0 Å². The Morgan fingerprint density at radius 2 is 2.08 bits per heavy atom. The van der Waals surface area contributed by atoms with Gasteiger partial charge in [0.1, 0.15) is 0 Å². The molecular formula is C9H17NO3. The Labute approximate surface area is 78.6 Å². The molecule has 4 nitrogen and oxygen atoms in total. The number of ether oxygens (including phenoxy) is 2. The fraction of sp³-hybridized carbons (Fsp3) is 0.889. The van der Waals surface area contributed by atoms with Crippen molar-refractivity contribution in [2.75, 3.05) is 6.54 Å². The Balaban J connectivity index is 2.57. The molecule has 0 bridgehead atoms. The summed E-state index contributed by atoms with van der Waals surface area (Å²) in [6.45, 7) is 7.95. The summed E-state index contributed by atoms with van der Waals surface area (Å²) < 4.78 is 10.9. The summed E-state index contributed by atoms with van der Waals surface area (Å²) in [6.07, 6.45) is -0.656. The molecule has 76 valence electrons. The molecule has 0 unspecified atom stereocenters. The van der Waals surface area contributed by atoms with Crippen LogP contribution in [-0.2, 0) is 14.3 Å². The van der Waals surface area contributed by atoms with E-state index in [1.165, 1.54) is 0 Å². The Morgan fingerprint density at radius 1 is 1.46 bits per heavy atom. The standard InChI is InChI=1S/C9H17NO3/c1-5-10-8(11)7-6(2)12-9(3,4)13-7/h6-7H,5H2,1-4H3,(H,10,11)/t6-,7-/m0/s1. The molecule has 1 aliphatic rings. The third-order valence-electron chi connectivity index (χ3n) is 1.92. The van der Waals surface area contributed by atoms with E-state index in [2.05, 4.69) is 5.32 Å². The normalized spacial score (nSPS) is 31.7. The highest BCUT2D eigenvalue weighted by atomic mass is 16.8. The second-order valence-corrected chi connectivity index (χ2v) is 3.66. The van der Waals surface area contributed by atoms with E-state index in [-0.39, 0.29) is 12.0 Å². The topological polar surface area (TPSA) is 47.6 Å². The summed E-state index contributed by atoms with van der Waals surface area (Å²) in [6, 6.07) is 0. The molecule has 2 atom stereocenters. The molecule has 0 saturated carbocycles. The molecule has 0 radical (unpaired) electrons. The zero-order valence-corrected chi connectivity index (χ0v) is 8.59. The van der Waals surface area contributed by atoms with Gasteiger partial charge in [-0.05, 0) is 27.7 Å². The van der Waals surface area contributed by atoms with Gasteiger partial charge in [-0.3, -0.25) is 4.79 Å². The second kappa shape index (κ2) is 3.64. The van der Waals surface area contributed by atoms with E-state index in [1.807, 2.05) is 27.7 Å². The van der Waals surface area contributed by atoms with Gasteiger partial charge in [0.25, 0.3) is 5.91 Å². The molecule has 1 saturated heterocycles. The van der Waals surface area contributed by atoms with E-state index < -0.39 is 11.9 Å². The fourth-order valence-electron chi connectivity index (χ4n) is 1.48. The maximum Gasteiger partial charge on any atom is 0.251 e. The first kappa shape index (κ1) is 10.5. The van der Waals surface area contributed by atoms with Crippen molar-refractivity contribution in [1.82, 2.24) is 5.32 Å². The van der Waals surface area contributed by atoms with Crippen LogP contribution in [0.4, 0.5) is 0 Å². The molecule has 1 fully saturated rings. The Hall–Kier alpha value is -0.610. The van der Waals surface area contributed by atoms with Gasteiger partial charge >= 0.3 is 0 Å². The van der Waals surface area contributed by atoms with E-state index in [9.17, 15) is 4.79 Å². The minimum absolute atomic E-state index is 0.0967. The molecule has 0 spiro atoms. The van der Waals surface area contributed by atoms with Crippen LogP contribution in [0.3, 0.4) is 0 Å². The van der Waals surface area contributed by atoms with Crippen molar-refractivity contribution < 1.29 is 14.3 Å². The van der Waals surface area contributed by atoms with Crippen molar-refractivity contribution in [3.8, 4) is 0 Å². The number of carbonyl (C=O) groups is 1. The summed E-state index contributed by atoms with van der Waals surface area (Å²) in [7, 11) is 0. The average Bonchev–Trinajstić information content (AvgIpc) is 2.25. The van der Waals surface area contributed by atoms with Gasteiger partial charge in [0.15, 0.2) is 11.9 Å². The third kappa shape index (κ3) is 2.42. The second-order valence-electron chi connectivity index (χ2n) is 3.66. The van der Waals surface area contributed by atoms with Crippen molar-refractivity contribution in [2.45, 2.75) is 45.7 Å². The maximum absolute atomic E-state index is 11.4. The largest absolute Gasteiger partial charge is 0.354 e. The Bertz CT molecular complexity index is 203. The van der Waals surface area contributed by atoms with E-state index in [1.54, 1.807) is 0 Å². The van der Waals surface area contributed by atoms with Crippen LogP contribution in [0.2, 0.25) is 0 Å². The molecule has 0 aromatic rings. The average molecular weight is 187 g/mol. The number of rotatable bonds is 2. The zero-order valence-electron chi connectivity index (χ0n) is 8.59. The first-order valence-corrected chi connectivity index (χ1v) is 4.59. The van der Waals surface area contributed by atoms with E-state index in [0.717, 1.165) is 0 Å². The molecule has 1 rings (SSSR count). The summed E-state index contributed by atoms with van der Waals surface area (Å²) in [5, 5.41) is 2.71. The summed E-state index contributed by atoms with van der Waals surface area (Å²) >= 11 is 0. The summed E-state index contributed by atoms with van der Waals surface area (Å²) in [5.41, 5.74) is 0. The zero-order chi connectivity index (χ0) is 10.1. The lowest BCUT2D eigenvalue weighted by Crippen LogP contribution is -2.39. The van der Waals surface area contributed by atoms with Gasteiger partial charge in [0.2, 0.25) is 0 Å². The van der Waals surface area contributed by atoms with Crippen LogP contribution in [0, 0.1) is 0 Å². The van der Waals surface area contributed by atoms with Gasteiger partial charge < -0.3 is 14.8 Å². The molecule has 1 amide bonds. The number of nitrogens with one attached hydrogen (secondary N) is 1. The lowest BCUT2D eigenvalue weighted by Gasteiger charge is -2.16. The first-order chi connectivity index (χ1) is 5.96. The van der Waals surface area contributed by atoms with Gasteiger partial charge in [-0.1, -0.05) is 0 Å². The molecule has 1 N–H and O–H groups in total. The predicted molar refractivity (Wildman–Crippen MR) is 48.2 cm³/mol. The highest BCUT2D eigenvalue weighted by Crippen LogP contribution is 2.27. The van der Waals surface area contributed by atoms with E-state index >= 15 is 0 Å². The molecular weight excluding hydrogens is 170 g/mol. The number of likely N-dealkylation sites (N-methyl/N-ethyl adjacent to an activating group) is 1. The van der Waals surface area contributed by atoms with Crippen LogP contribution < -0.4 is 5.32 Å². The van der Waals surface area contributed by atoms with Crippen molar-refractivity contribution in [1.29, 1.82) is 0 Å². The highest BCUT2D eigenvalue weighted by molar-refractivity contribution is 5.81. The van der Waals surface area contributed by atoms with Gasteiger partial charge in [-0.2, -0.15) is 0 Å². The van der Waals surface area contributed by atoms with Gasteiger partial charge in [0, 0.05) is 6.54 Å². The third-order valence-corrected chi connectivity index (χ3v) is 1.92. The van der Waals surface area contributed by atoms with E-state index in [0.29, 0.717) is 6.54 Å². The van der Waals surface area contributed by atoms with Crippen molar-refractivity contribution in [3.63, 3.8) is 0 Å². The smallest absolute Gasteiger partial charge is 0.251 e. The van der Waals surface area contributed by atoms with Gasteiger partial charge in [-0.15, -0.1) is 0 Å². The maximum atomic E-state index is 11.4. The molecule has 13 heavy (non-hydrogen) atoms. The van der Waals surface area contributed by atoms with Gasteiger partial charge in [-0.25, -0.2) is 0 Å². The minimum atomic E-state index is -0.644. The SMILES string of the molecule is CCNC(=O)[C@H]1OC(C)(C)O[C@H]1C. The quantitative estimate of drug-likeness (QED) is 0.691. The molecule has 1 aliphatic heterocycles. The number of carbonyl (C=O) groups excluding carboxylic acids is 1. The van der Waals surface area contributed by atoms with E-state index in [4.69, 9.17) is 9.47 Å². The Morgan fingerprint density at radius 3 is 2.46 bits per heavy atom. The summed E-state index contributed by atoms with van der Waals surface area (Å²) in [4.78, 5) is 11.4. The Kier molecular flexibility index (Phi) is 2.93. The first-order valence-electron chi connectivity index (χ1n) is 4.59. The van der Waals surface area contributed by atoms with Crippen LogP contribution >= 0.6 is 0 Å². The molecule has 0 aromatic carbocycles. The molecule has 0 aliphatic carbocycles. The van der Waals surface area contributed by atoms with Crippen molar-refractivity contribution in [3.05, 3.63) is 0 Å². The highest BCUT2D eigenvalue weighted by Gasteiger charge is 2.42. The lowest BCUT2D eigenvalue weighted by atomic mass is 10.2. The molecule has 4 heteroatoms. The van der Waals surface area contributed by atoms with Crippen molar-refractivity contribution >= 4 is 5.91 Å². The lowest BCUT2D eigenvalue weighted by molar-refractivity contribution is -0.155. The van der Waals surface area contributed by atoms with Crippen LogP contribution in [-0.4, -0.2) is 30.4 Å². The monoisotopic (exact) mass is 187 g/mol. The number of hydrogen-bond donors (Lipinski definition) is 1. The van der Waals surface area contributed by atoms with Crippen LogP contribution in [0.5, 0.6) is 0 Å². The summed E-state index contributed by atoms with van der Waals surface area (Å²) in [5.74, 6) is -0.740. The fourth-order valence-corrected chi connectivity index (χ4v) is 1.48. The van der Waals surface area contributed by atoms with Crippen LogP contribution in [0.15, 0.2) is 0 Å².